The van der Waals surface area contributed by atoms with Crippen molar-refractivity contribution in [1.82, 2.24) is 24.6 Å². The van der Waals surface area contributed by atoms with Crippen molar-refractivity contribution in [2.75, 3.05) is 13.1 Å². The summed E-state index contributed by atoms with van der Waals surface area (Å²) in [7, 11) is 1.91. The van der Waals surface area contributed by atoms with Crippen molar-refractivity contribution < 1.29 is 9.18 Å². The zero-order valence-electron chi connectivity index (χ0n) is 14.6. The number of benzene rings is 1. The Labute approximate surface area is 159 Å². The molecule has 9 heteroatoms. The van der Waals surface area contributed by atoms with Gasteiger partial charge in [0, 0.05) is 44.1 Å². The maximum absolute atomic E-state index is 13.4. The number of aromatic nitrogens is 4. The van der Waals surface area contributed by atoms with E-state index in [4.69, 9.17) is 17.3 Å². The van der Waals surface area contributed by atoms with Gasteiger partial charge in [0.2, 0.25) is 0 Å². The molecule has 2 aromatic heterocycles. The number of nitrogens with two attached hydrogens (primary N) is 1. The third-order valence-corrected chi connectivity index (χ3v) is 5.21. The zero-order valence-corrected chi connectivity index (χ0v) is 15.3. The number of carbonyl (C=O) groups is 1. The van der Waals surface area contributed by atoms with Crippen molar-refractivity contribution in [3.63, 3.8) is 0 Å². The summed E-state index contributed by atoms with van der Waals surface area (Å²) in [5, 5.41) is 6.78. The Balaban J connectivity index is 1.60. The number of nitrogens with zero attached hydrogens (tertiary/aromatic N) is 4. The van der Waals surface area contributed by atoms with Gasteiger partial charge in [0.25, 0.3) is 5.91 Å². The molecule has 0 radical (unpaired) electrons. The quantitative estimate of drug-likeness (QED) is 0.719. The molecule has 1 aromatic carbocycles. The minimum Gasteiger partial charge on any atom is -0.338 e. The number of imidazole rings is 1. The molecule has 1 amide bonds. The molecule has 1 fully saturated rings. The standard InChI is InChI=1S/C18H18ClFN6O/c1-25-5-4-22-17(25)12-8-26(9-15(12)21)18(27)11-7-23-24-16(11)10-2-3-14(20)13(19)6-10/h2-7,12,15H,8-9,21H2,1H3,(H,23,24)/t12-,15-/m1/s1. The number of halogens is 2. The summed E-state index contributed by atoms with van der Waals surface area (Å²) in [6.07, 6.45) is 5.05. The fraction of sp³-hybridized carbons (Fsp3) is 0.278. The van der Waals surface area contributed by atoms with Crippen LogP contribution in [0.5, 0.6) is 0 Å². The monoisotopic (exact) mass is 388 g/mol. The molecule has 0 bridgehead atoms. The summed E-state index contributed by atoms with van der Waals surface area (Å²) in [5.74, 6) is 0.114. The van der Waals surface area contributed by atoms with Crippen LogP contribution in [-0.4, -0.2) is 49.7 Å². The van der Waals surface area contributed by atoms with Crippen molar-refractivity contribution in [2.24, 2.45) is 12.8 Å². The molecule has 7 nitrogen and oxygen atoms in total. The SMILES string of the molecule is Cn1ccnc1[C@@H]1CN(C(=O)c2cn[nH]c2-c2ccc(F)c(Cl)c2)C[C@H]1N. The Morgan fingerprint density at radius 1 is 1.41 bits per heavy atom. The number of carbonyl (C=O) groups excluding carboxylic acids is 1. The first-order valence-corrected chi connectivity index (χ1v) is 8.84. The van der Waals surface area contributed by atoms with Crippen LogP contribution in [0.15, 0.2) is 36.8 Å². The van der Waals surface area contributed by atoms with Gasteiger partial charge in [-0.05, 0) is 18.2 Å². The first-order valence-electron chi connectivity index (χ1n) is 8.46. The predicted octanol–water partition coefficient (Wildman–Crippen LogP) is 2.17. The number of aromatic amines is 1. The van der Waals surface area contributed by atoms with E-state index in [-0.39, 0.29) is 22.9 Å². The van der Waals surface area contributed by atoms with Crippen LogP contribution in [0.1, 0.15) is 22.1 Å². The molecule has 140 valence electrons. The number of hydrogen-bond acceptors (Lipinski definition) is 4. The van der Waals surface area contributed by atoms with Gasteiger partial charge in [-0.2, -0.15) is 5.10 Å². The van der Waals surface area contributed by atoms with E-state index in [0.29, 0.717) is 29.9 Å². The van der Waals surface area contributed by atoms with Gasteiger partial charge in [0.05, 0.1) is 28.4 Å². The van der Waals surface area contributed by atoms with Crippen molar-refractivity contribution in [3.8, 4) is 11.3 Å². The highest BCUT2D eigenvalue weighted by atomic mass is 35.5. The van der Waals surface area contributed by atoms with Crippen LogP contribution in [0, 0.1) is 5.82 Å². The molecule has 0 unspecified atom stereocenters. The fourth-order valence-corrected chi connectivity index (χ4v) is 3.67. The van der Waals surface area contributed by atoms with Crippen LogP contribution in [0.3, 0.4) is 0 Å². The molecule has 3 aromatic rings. The van der Waals surface area contributed by atoms with Gasteiger partial charge >= 0.3 is 0 Å². The molecule has 1 saturated heterocycles. The molecule has 2 atom stereocenters. The summed E-state index contributed by atoms with van der Waals surface area (Å²) >= 11 is 5.87. The van der Waals surface area contributed by atoms with Crippen molar-refractivity contribution in [2.45, 2.75) is 12.0 Å². The van der Waals surface area contributed by atoms with Gasteiger partial charge in [-0.25, -0.2) is 9.37 Å². The number of likely N-dealkylation sites (tertiary alicyclic amines) is 1. The minimum atomic E-state index is -0.517. The van der Waals surface area contributed by atoms with E-state index in [1.54, 1.807) is 17.2 Å². The van der Waals surface area contributed by atoms with Crippen LogP contribution in [0.25, 0.3) is 11.3 Å². The summed E-state index contributed by atoms with van der Waals surface area (Å²) in [6.45, 7) is 0.894. The number of aryl methyl sites for hydroxylation is 1. The van der Waals surface area contributed by atoms with Crippen LogP contribution in [-0.2, 0) is 7.05 Å². The fourth-order valence-electron chi connectivity index (χ4n) is 3.49. The number of amides is 1. The third-order valence-electron chi connectivity index (χ3n) is 4.92. The number of H-pyrrole nitrogens is 1. The van der Waals surface area contributed by atoms with Crippen LogP contribution >= 0.6 is 11.6 Å². The van der Waals surface area contributed by atoms with Crippen molar-refractivity contribution in [3.05, 3.63) is 59.0 Å². The van der Waals surface area contributed by atoms with E-state index in [1.165, 1.54) is 18.3 Å². The summed E-state index contributed by atoms with van der Waals surface area (Å²) in [6, 6.07) is 4.08. The number of hydrogen-bond donors (Lipinski definition) is 2. The molecule has 0 aliphatic carbocycles. The van der Waals surface area contributed by atoms with Gasteiger partial charge in [-0.1, -0.05) is 11.6 Å². The van der Waals surface area contributed by atoms with Crippen molar-refractivity contribution >= 4 is 17.5 Å². The maximum Gasteiger partial charge on any atom is 0.257 e. The lowest BCUT2D eigenvalue weighted by Gasteiger charge is -2.16. The van der Waals surface area contributed by atoms with Crippen LogP contribution < -0.4 is 5.73 Å². The van der Waals surface area contributed by atoms with Gasteiger partial charge < -0.3 is 15.2 Å². The molecule has 1 aliphatic rings. The van der Waals surface area contributed by atoms with Gasteiger partial charge in [0.15, 0.2) is 0 Å². The van der Waals surface area contributed by atoms with E-state index >= 15 is 0 Å². The topological polar surface area (TPSA) is 92.8 Å². The highest BCUT2D eigenvalue weighted by Gasteiger charge is 2.37. The highest BCUT2D eigenvalue weighted by molar-refractivity contribution is 6.31. The Bertz CT molecular complexity index is 999. The average molecular weight is 389 g/mol. The molecular formula is C18H18ClFN6O. The smallest absolute Gasteiger partial charge is 0.257 e. The lowest BCUT2D eigenvalue weighted by molar-refractivity contribution is 0.0789. The van der Waals surface area contributed by atoms with E-state index in [9.17, 15) is 9.18 Å². The van der Waals surface area contributed by atoms with E-state index in [1.807, 2.05) is 17.8 Å². The summed E-state index contributed by atoms with van der Waals surface area (Å²) in [5.41, 5.74) is 7.76. The van der Waals surface area contributed by atoms with Crippen LogP contribution in [0.2, 0.25) is 5.02 Å². The largest absolute Gasteiger partial charge is 0.338 e. The zero-order chi connectivity index (χ0) is 19.1. The summed E-state index contributed by atoms with van der Waals surface area (Å²) in [4.78, 5) is 19.1. The second-order valence-corrected chi connectivity index (χ2v) is 7.07. The first kappa shape index (κ1) is 17.7. The van der Waals surface area contributed by atoms with E-state index in [0.717, 1.165) is 5.82 Å². The van der Waals surface area contributed by atoms with Crippen LogP contribution in [0.4, 0.5) is 4.39 Å². The molecule has 3 heterocycles. The van der Waals surface area contributed by atoms with E-state index < -0.39 is 5.82 Å². The van der Waals surface area contributed by atoms with E-state index in [2.05, 4.69) is 15.2 Å². The number of nitrogens with one attached hydrogen (secondary N) is 1. The molecule has 0 saturated carbocycles. The average Bonchev–Trinajstić information content (AvgIpc) is 3.36. The van der Waals surface area contributed by atoms with Gasteiger partial charge in [0.1, 0.15) is 11.6 Å². The molecule has 4 rings (SSSR count). The lowest BCUT2D eigenvalue weighted by atomic mass is 10.0. The Hall–Kier alpha value is -2.71. The lowest BCUT2D eigenvalue weighted by Crippen LogP contribution is -2.32. The molecular weight excluding hydrogens is 371 g/mol. The first-order chi connectivity index (χ1) is 13.0. The summed E-state index contributed by atoms with van der Waals surface area (Å²) < 4.78 is 15.4. The van der Waals surface area contributed by atoms with Crippen molar-refractivity contribution in [1.29, 1.82) is 0 Å². The normalized spacial score (nSPS) is 19.6. The van der Waals surface area contributed by atoms with Gasteiger partial charge in [-0.15, -0.1) is 0 Å². The Kier molecular flexibility index (Phi) is 4.45. The second kappa shape index (κ2) is 6.79. The molecule has 0 spiro atoms. The minimum absolute atomic E-state index is 0.0152. The highest BCUT2D eigenvalue weighted by Crippen LogP contribution is 2.30. The predicted molar refractivity (Wildman–Crippen MR) is 98.8 cm³/mol. The Morgan fingerprint density at radius 2 is 2.22 bits per heavy atom. The molecule has 27 heavy (non-hydrogen) atoms. The number of rotatable bonds is 3. The van der Waals surface area contributed by atoms with Gasteiger partial charge in [-0.3, -0.25) is 9.89 Å². The second-order valence-electron chi connectivity index (χ2n) is 6.66. The Morgan fingerprint density at radius 3 is 2.93 bits per heavy atom. The third kappa shape index (κ3) is 3.11. The molecule has 1 aliphatic heterocycles. The molecule has 3 N–H and O–H groups in total. The maximum atomic E-state index is 13.4.